The Hall–Kier alpha value is -3.02. The van der Waals surface area contributed by atoms with Crippen molar-refractivity contribution in [2.75, 3.05) is 34.9 Å². The fraction of sp³-hybridized carbons (Fsp3) is 0.176. The Morgan fingerprint density at radius 1 is 1.00 bits per heavy atom. The summed E-state index contributed by atoms with van der Waals surface area (Å²) >= 11 is 0. The summed E-state index contributed by atoms with van der Waals surface area (Å²) in [5.41, 5.74) is 8.26. The molecule has 0 saturated heterocycles. The number of nitrogens with one attached hydrogen (secondary N) is 1. The van der Waals surface area contributed by atoms with Crippen LogP contribution in [0.3, 0.4) is 0 Å². The molecule has 0 heterocycles. The highest BCUT2D eigenvalue weighted by molar-refractivity contribution is 6.17. The molecule has 6 nitrogen and oxygen atoms in total. The maximum atomic E-state index is 12.4. The van der Waals surface area contributed by atoms with Gasteiger partial charge in [0.15, 0.2) is 0 Å². The van der Waals surface area contributed by atoms with E-state index >= 15 is 0 Å². The zero-order valence-corrected chi connectivity index (χ0v) is 13.4. The lowest BCUT2D eigenvalue weighted by atomic mass is 10.2. The summed E-state index contributed by atoms with van der Waals surface area (Å²) in [6.07, 6.45) is 0. The molecule has 0 bridgehead atoms. The van der Waals surface area contributed by atoms with Crippen LogP contribution in [-0.4, -0.2) is 26.0 Å². The molecule has 120 valence electrons. The van der Waals surface area contributed by atoms with Crippen LogP contribution in [0.5, 0.6) is 0 Å². The minimum Gasteiger partial charge on any atom is -0.399 e. The molecule has 0 spiro atoms. The van der Waals surface area contributed by atoms with E-state index < -0.39 is 11.9 Å². The Morgan fingerprint density at radius 3 is 2.17 bits per heavy atom. The molecule has 0 aliphatic heterocycles. The predicted molar refractivity (Wildman–Crippen MR) is 93.8 cm³/mol. The SMILES string of the molecule is CC(=O)N(C(=O)Nc1ccc(N(C)C)cc1)c1cccc(N)c1. The van der Waals surface area contributed by atoms with Crippen molar-refractivity contribution in [3.05, 3.63) is 48.5 Å². The lowest BCUT2D eigenvalue weighted by Gasteiger charge is -2.20. The van der Waals surface area contributed by atoms with Gasteiger partial charge < -0.3 is 16.0 Å². The molecule has 3 amide bonds. The number of urea groups is 1. The number of hydrogen-bond acceptors (Lipinski definition) is 4. The summed E-state index contributed by atoms with van der Waals surface area (Å²) in [7, 11) is 3.87. The standard InChI is InChI=1S/C17H20N4O2/c1-12(22)21(16-6-4-5-13(18)11-16)17(23)19-14-7-9-15(10-8-14)20(2)3/h4-11H,18H2,1-3H3,(H,19,23). The maximum absolute atomic E-state index is 12.4. The molecule has 6 heteroatoms. The average molecular weight is 312 g/mol. The van der Waals surface area contributed by atoms with E-state index in [0.717, 1.165) is 10.6 Å². The molecule has 0 aliphatic rings. The van der Waals surface area contributed by atoms with Gasteiger partial charge in [-0.2, -0.15) is 0 Å². The number of benzene rings is 2. The Balaban J connectivity index is 2.20. The highest BCUT2D eigenvalue weighted by Crippen LogP contribution is 2.20. The molecule has 0 unspecified atom stereocenters. The van der Waals surface area contributed by atoms with Gasteiger partial charge in [0, 0.05) is 38.1 Å². The molecule has 0 radical (unpaired) electrons. The average Bonchev–Trinajstić information content (AvgIpc) is 2.47. The Labute approximate surface area is 135 Å². The first-order chi connectivity index (χ1) is 10.9. The number of carbonyl (C=O) groups is 2. The quantitative estimate of drug-likeness (QED) is 0.854. The van der Waals surface area contributed by atoms with Gasteiger partial charge in [-0.3, -0.25) is 4.79 Å². The fourth-order valence-electron chi connectivity index (χ4n) is 2.13. The number of nitrogens with zero attached hydrogens (tertiary/aromatic N) is 2. The van der Waals surface area contributed by atoms with Crippen LogP contribution in [0.4, 0.5) is 27.5 Å². The second-order valence-electron chi connectivity index (χ2n) is 5.32. The van der Waals surface area contributed by atoms with Gasteiger partial charge in [0.05, 0.1) is 5.69 Å². The fourth-order valence-corrected chi connectivity index (χ4v) is 2.13. The van der Waals surface area contributed by atoms with Gasteiger partial charge in [0.1, 0.15) is 0 Å². The molecule has 0 atom stereocenters. The molecule has 0 aliphatic carbocycles. The number of rotatable bonds is 3. The van der Waals surface area contributed by atoms with E-state index in [9.17, 15) is 9.59 Å². The summed E-state index contributed by atoms with van der Waals surface area (Å²) < 4.78 is 0. The topological polar surface area (TPSA) is 78.7 Å². The van der Waals surface area contributed by atoms with Crippen LogP contribution in [0, 0.1) is 0 Å². The van der Waals surface area contributed by atoms with Crippen LogP contribution in [0.15, 0.2) is 48.5 Å². The largest absolute Gasteiger partial charge is 0.399 e. The van der Waals surface area contributed by atoms with Gasteiger partial charge in [-0.05, 0) is 42.5 Å². The highest BCUT2D eigenvalue weighted by atomic mass is 16.2. The van der Waals surface area contributed by atoms with E-state index in [1.807, 2.05) is 31.1 Å². The number of imide groups is 1. The van der Waals surface area contributed by atoms with Gasteiger partial charge >= 0.3 is 6.03 Å². The van der Waals surface area contributed by atoms with E-state index in [4.69, 9.17) is 5.73 Å². The second-order valence-corrected chi connectivity index (χ2v) is 5.32. The lowest BCUT2D eigenvalue weighted by molar-refractivity contribution is -0.115. The van der Waals surface area contributed by atoms with Crippen LogP contribution in [0.2, 0.25) is 0 Å². The molecule has 0 saturated carbocycles. The number of anilines is 4. The Kier molecular flexibility index (Phi) is 4.85. The molecular weight excluding hydrogens is 292 g/mol. The van der Waals surface area contributed by atoms with Crippen LogP contribution >= 0.6 is 0 Å². The third-order valence-corrected chi connectivity index (χ3v) is 3.28. The van der Waals surface area contributed by atoms with Crippen LogP contribution in [0.1, 0.15) is 6.92 Å². The normalized spacial score (nSPS) is 10.0. The van der Waals surface area contributed by atoms with Gasteiger partial charge in [-0.25, -0.2) is 9.69 Å². The first kappa shape index (κ1) is 16.4. The number of hydrogen-bond donors (Lipinski definition) is 2. The number of nitrogens with two attached hydrogens (primary N) is 1. The third kappa shape index (κ3) is 4.00. The Bertz CT molecular complexity index is 711. The summed E-state index contributed by atoms with van der Waals surface area (Å²) in [6, 6.07) is 13.4. The van der Waals surface area contributed by atoms with E-state index in [2.05, 4.69) is 5.32 Å². The van der Waals surface area contributed by atoms with E-state index in [-0.39, 0.29) is 0 Å². The molecule has 2 rings (SSSR count). The molecule has 0 fully saturated rings. The first-order valence-corrected chi connectivity index (χ1v) is 7.13. The monoisotopic (exact) mass is 312 g/mol. The first-order valence-electron chi connectivity index (χ1n) is 7.13. The van der Waals surface area contributed by atoms with Crippen molar-refractivity contribution in [3.63, 3.8) is 0 Å². The summed E-state index contributed by atoms with van der Waals surface area (Å²) in [5, 5.41) is 2.71. The zero-order valence-electron chi connectivity index (χ0n) is 13.4. The van der Waals surface area contributed by atoms with E-state index in [0.29, 0.717) is 17.1 Å². The van der Waals surface area contributed by atoms with Crippen molar-refractivity contribution in [3.8, 4) is 0 Å². The van der Waals surface area contributed by atoms with Gasteiger partial charge in [-0.15, -0.1) is 0 Å². The van der Waals surface area contributed by atoms with Gasteiger partial charge in [0.25, 0.3) is 0 Å². The third-order valence-electron chi connectivity index (χ3n) is 3.28. The summed E-state index contributed by atoms with van der Waals surface area (Å²) in [6.45, 7) is 1.33. The van der Waals surface area contributed by atoms with Crippen LogP contribution in [0.25, 0.3) is 0 Å². The molecule has 23 heavy (non-hydrogen) atoms. The van der Waals surface area contributed by atoms with E-state index in [1.165, 1.54) is 6.92 Å². The lowest BCUT2D eigenvalue weighted by Crippen LogP contribution is -2.38. The number of amides is 3. The van der Waals surface area contributed by atoms with Crippen molar-refractivity contribution in [2.45, 2.75) is 6.92 Å². The number of carbonyl (C=O) groups excluding carboxylic acids is 2. The van der Waals surface area contributed by atoms with Crippen LogP contribution < -0.4 is 20.9 Å². The van der Waals surface area contributed by atoms with Crippen molar-refractivity contribution < 1.29 is 9.59 Å². The maximum Gasteiger partial charge on any atom is 0.333 e. The van der Waals surface area contributed by atoms with Crippen LogP contribution in [-0.2, 0) is 4.79 Å². The second kappa shape index (κ2) is 6.83. The Morgan fingerprint density at radius 2 is 1.65 bits per heavy atom. The summed E-state index contributed by atoms with van der Waals surface area (Å²) in [5.74, 6) is -0.391. The minimum absolute atomic E-state index is 0.391. The summed E-state index contributed by atoms with van der Waals surface area (Å²) in [4.78, 5) is 27.3. The van der Waals surface area contributed by atoms with Crippen molar-refractivity contribution in [1.29, 1.82) is 0 Å². The van der Waals surface area contributed by atoms with Crippen molar-refractivity contribution in [1.82, 2.24) is 0 Å². The zero-order chi connectivity index (χ0) is 17.0. The smallest absolute Gasteiger partial charge is 0.333 e. The molecule has 2 aromatic rings. The molecule has 0 aromatic heterocycles. The molecule has 2 aromatic carbocycles. The minimum atomic E-state index is -0.527. The van der Waals surface area contributed by atoms with Gasteiger partial charge in [-0.1, -0.05) is 6.07 Å². The van der Waals surface area contributed by atoms with E-state index in [1.54, 1.807) is 36.4 Å². The van der Waals surface area contributed by atoms with Crippen molar-refractivity contribution >= 4 is 34.7 Å². The molecular formula is C17H20N4O2. The number of nitrogen functional groups attached to an aromatic ring is 1. The highest BCUT2D eigenvalue weighted by Gasteiger charge is 2.20. The van der Waals surface area contributed by atoms with Gasteiger partial charge in [0.2, 0.25) is 5.91 Å². The molecule has 3 N–H and O–H groups in total. The predicted octanol–water partition coefficient (Wildman–Crippen LogP) is 2.92. The van der Waals surface area contributed by atoms with Crippen molar-refractivity contribution in [2.24, 2.45) is 0 Å².